The van der Waals surface area contributed by atoms with Crippen LogP contribution in [0.15, 0.2) is 29.2 Å². The number of hydrogen-bond donors (Lipinski definition) is 2. The van der Waals surface area contributed by atoms with Crippen molar-refractivity contribution in [3.8, 4) is 0 Å². The molecule has 5 nitrogen and oxygen atoms in total. The molecule has 0 heterocycles. The molecule has 2 amide bonds. The summed E-state index contributed by atoms with van der Waals surface area (Å²) in [6, 6.07) is 4.50. The number of sulfone groups is 1. The molecular formula is C14H18F2N2O3S. The van der Waals surface area contributed by atoms with Crippen molar-refractivity contribution in [2.24, 2.45) is 0 Å². The summed E-state index contributed by atoms with van der Waals surface area (Å²) in [4.78, 5) is 11.3. The number of carbonyl (C=O) groups is 1. The van der Waals surface area contributed by atoms with Crippen molar-refractivity contribution in [3.63, 3.8) is 0 Å². The molecule has 1 saturated carbocycles. The summed E-state index contributed by atoms with van der Waals surface area (Å²) in [5.41, 5.74) is 0.162. The average Bonchev–Trinajstić information content (AvgIpc) is 2.48. The van der Waals surface area contributed by atoms with E-state index in [9.17, 15) is 22.0 Å². The van der Waals surface area contributed by atoms with Gasteiger partial charge in [0.15, 0.2) is 0 Å². The van der Waals surface area contributed by atoms with E-state index in [1.807, 2.05) is 0 Å². The molecule has 1 aliphatic rings. The van der Waals surface area contributed by atoms with Crippen molar-refractivity contribution >= 4 is 21.6 Å². The molecule has 122 valence electrons. The molecule has 0 radical (unpaired) electrons. The van der Waals surface area contributed by atoms with Gasteiger partial charge in [-0.2, -0.15) is 8.78 Å². The number of amides is 2. The van der Waals surface area contributed by atoms with Crippen LogP contribution in [0.4, 0.5) is 19.3 Å². The standard InChI is InChI=1S/C14H18F2N2O3S/c15-13(16)22(20,21)12-8-4-7-11(9-12)18-14(19)17-10-5-2-1-3-6-10/h4,7-10,13H,1-3,5-6H2,(H2,17,18,19). The molecule has 0 saturated heterocycles. The highest BCUT2D eigenvalue weighted by Gasteiger charge is 2.26. The first kappa shape index (κ1) is 16.7. The minimum absolute atomic E-state index is 0.0988. The number of anilines is 1. The second-order valence-corrected chi connectivity index (χ2v) is 7.18. The van der Waals surface area contributed by atoms with Crippen LogP contribution in [-0.4, -0.2) is 26.2 Å². The van der Waals surface area contributed by atoms with Crippen molar-refractivity contribution in [3.05, 3.63) is 24.3 Å². The quantitative estimate of drug-likeness (QED) is 0.889. The molecule has 1 aromatic carbocycles. The van der Waals surface area contributed by atoms with E-state index in [4.69, 9.17) is 0 Å². The topological polar surface area (TPSA) is 75.3 Å². The van der Waals surface area contributed by atoms with Gasteiger partial charge in [-0.05, 0) is 31.0 Å². The van der Waals surface area contributed by atoms with Crippen LogP contribution in [0.2, 0.25) is 0 Å². The van der Waals surface area contributed by atoms with Gasteiger partial charge in [0.25, 0.3) is 0 Å². The maximum Gasteiger partial charge on any atom is 0.341 e. The molecule has 22 heavy (non-hydrogen) atoms. The van der Waals surface area contributed by atoms with Crippen molar-refractivity contribution < 1.29 is 22.0 Å². The van der Waals surface area contributed by atoms with Crippen LogP contribution in [0.25, 0.3) is 0 Å². The highest BCUT2D eigenvalue weighted by Crippen LogP contribution is 2.22. The van der Waals surface area contributed by atoms with Gasteiger partial charge in [0.2, 0.25) is 9.84 Å². The van der Waals surface area contributed by atoms with E-state index in [0.717, 1.165) is 44.2 Å². The minimum atomic E-state index is -4.67. The van der Waals surface area contributed by atoms with Crippen LogP contribution in [0, 0.1) is 0 Å². The monoisotopic (exact) mass is 332 g/mol. The van der Waals surface area contributed by atoms with E-state index in [1.165, 1.54) is 12.1 Å². The van der Waals surface area contributed by atoms with E-state index >= 15 is 0 Å². The third kappa shape index (κ3) is 4.16. The summed E-state index contributed by atoms with van der Waals surface area (Å²) in [6.45, 7) is 0. The van der Waals surface area contributed by atoms with Crippen molar-refractivity contribution in [1.29, 1.82) is 0 Å². The van der Waals surface area contributed by atoms with E-state index in [1.54, 1.807) is 0 Å². The molecule has 0 aromatic heterocycles. The molecule has 8 heteroatoms. The van der Waals surface area contributed by atoms with Crippen LogP contribution in [-0.2, 0) is 9.84 Å². The van der Waals surface area contributed by atoms with E-state index in [-0.39, 0.29) is 11.7 Å². The molecule has 0 bridgehead atoms. The lowest BCUT2D eigenvalue weighted by atomic mass is 9.96. The number of nitrogens with one attached hydrogen (secondary N) is 2. The van der Waals surface area contributed by atoms with Crippen LogP contribution >= 0.6 is 0 Å². The lowest BCUT2D eigenvalue weighted by Crippen LogP contribution is -2.39. The van der Waals surface area contributed by atoms with Gasteiger partial charge in [-0.1, -0.05) is 25.3 Å². The number of alkyl halides is 2. The van der Waals surface area contributed by atoms with Gasteiger partial charge in [-0.15, -0.1) is 0 Å². The summed E-state index contributed by atoms with van der Waals surface area (Å²) < 4.78 is 47.8. The molecule has 2 rings (SSSR count). The lowest BCUT2D eigenvalue weighted by molar-refractivity contribution is 0.235. The van der Waals surface area contributed by atoms with Crippen molar-refractivity contribution in [2.75, 3.05) is 5.32 Å². The number of carbonyl (C=O) groups excluding carboxylic acids is 1. The molecule has 1 aromatic rings. The fourth-order valence-electron chi connectivity index (χ4n) is 2.45. The minimum Gasteiger partial charge on any atom is -0.335 e. The van der Waals surface area contributed by atoms with E-state index in [2.05, 4.69) is 10.6 Å². The maximum absolute atomic E-state index is 12.5. The largest absolute Gasteiger partial charge is 0.341 e. The molecule has 1 fully saturated rings. The van der Waals surface area contributed by atoms with Gasteiger partial charge in [0.1, 0.15) is 0 Å². The van der Waals surface area contributed by atoms with Gasteiger partial charge < -0.3 is 10.6 Å². The highest BCUT2D eigenvalue weighted by atomic mass is 32.2. The number of hydrogen-bond acceptors (Lipinski definition) is 3. The zero-order chi connectivity index (χ0) is 16.2. The molecule has 1 aliphatic carbocycles. The Balaban J connectivity index is 2.02. The zero-order valence-electron chi connectivity index (χ0n) is 11.9. The Hall–Kier alpha value is -1.70. The van der Waals surface area contributed by atoms with Gasteiger partial charge in [-0.25, -0.2) is 13.2 Å². The van der Waals surface area contributed by atoms with Gasteiger partial charge in [0.05, 0.1) is 4.90 Å². The second kappa shape index (κ2) is 7.04. The summed E-state index contributed by atoms with van der Waals surface area (Å²) in [5.74, 6) is -3.49. The Labute approximate surface area is 128 Å². The Morgan fingerprint density at radius 3 is 2.50 bits per heavy atom. The summed E-state index contributed by atoms with van der Waals surface area (Å²) >= 11 is 0. The van der Waals surface area contributed by atoms with Crippen LogP contribution < -0.4 is 10.6 Å². The smallest absolute Gasteiger partial charge is 0.335 e. The number of rotatable bonds is 4. The Bertz CT molecular complexity index is 629. The molecule has 0 spiro atoms. The molecule has 0 atom stereocenters. The number of halogens is 2. The van der Waals surface area contributed by atoms with Gasteiger partial charge in [-0.3, -0.25) is 0 Å². The van der Waals surface area contributed by atoms with Crippen LogP contribution in [0.3, 0.4) is 0 Å². The first-order chi connectivity index (χ1) is 10.4. The predicted molar refractivity (Wildman–Crippen MR) is 78.7 cm³/mol. The maximum atomic E-state index is 12.5. The molecular weight excluding hydrogens is 314 g/mol. The SMILES string of the molecule is O=C(Nc1cccc(S(=O)(=O)C(F)F)c1)NC1CCCCC1. The van der Waals surface area contributed by atoms with Gasteiger partial charge >= 0.3 is 11.8 Å². The fraction of sp³-hybridized carbons (Fsp3) is 0.500. The molecule has 2 N–H and O–H groups in total. The molecule has 0 aliphatic heterocycles. The molecule has 0 unspecified atom stereocenters. The number of benzene rings is 1. The van der Waals surface area contributed by atoms with E-state index in [0.29, 0.717) is 0 Å². The Morgan fingerprint density at radius 2 is 1.86 bits per heavy atom. The van der Waals surface area contributed by atoms with Crippen molar-refractivity contribution in [2.45, 2.75) is 48.8 Å². The predicted octanol–water partition coefficient (Wildman–Crippen LogP) is 3.14. The summed E-state index contributed by atoms with van der Waals surface area (Å²) in [7, 11) is -4.67. The third-order valence-corrected chi connectivity index (χ3v) is 4.98. The second-order valence-electron chi connectivity index (χ2n) is 5.27. The average molecular weight is 332 g/mol. The van der Waals surface area contributed by atoms with E-state index < -0.39 is 26.5 Å². The summed E-state index contributed by atoms with van der Waals surface area (Å²) in [6.07, 6.45) is 5.11. The third-order valence-electron chi connectivity index (χ3n) is 3.60. The van der Waals surface area contributed by atoms with Gasteiger partial charge in [0, 0.05) is 11.7 Å². The highest BCUT2D eigenvalue weighted by molar-refractivity contribution is 7.91. The summed E-state index contributed by atoms with van der Waals surface area (Å²) in [5, 5.41) is 5.28. The van der Waals surface area contributed by atoms with Crippen LogP contribution in [0.1, 0.15) is 32.1 Å². The normalized spacial score (nSPS) is 16.5. The lowest BCUT2D eigenvalue weighted by Gasteiger charge is -2.22. The number of urea groups is 1. The zero-order valence-corrected chi connectivity index (χ0v) is 12.7. The Morgan fingerprint density at radius 1 is 1.18 bits per heavy atom. The Kier molecular flexibility index (Phi) is 5.33. The fourth-order valence-corrected chi connectivity index (χ4v) is 3.22. The van der Waals surface area contributed by atoms with Crippen LogP contribution in [0.5, 0.6) is 0 Å². The first-order valence-corrected chi connectivity index (χ1v) is 8.64. The first-order valence-electron chi connectivity index (χ1n) is 7.09. The van der Waals surface area contributed by atoms with Crippen molar-refractivity contribution in [1.82, 2.24) is 5.32 Å².